The Bertz CT molecular complexity index is 519. The molecule has 2 aliphatic rings. The maximum absolute atomic E-state index is 12.4. The molecule has 4 atom stereocenters. The molecule has 0 aromatic heterocycles. The molecule has 2 fully saturated rings. The van der Waals surface area contributed by atoms with Crippen LogP contribution in [0.2, 0.25) is 5.02 Å². The van der Waals surface area contributed by atoms with E-state index in [-0.39, 0.29) is 18.7 Å². The molecule has 0 aliphatic carbocycles. The first-order valence-corrected chi connectivity index (χ1v) is 8.25. The first-order chi connectivity index (χ1) is 10.6. The van der Waals surface area contributed by atoms with Gasteiger partial charge in [-0.25, -0.2) is 0 Å². The van der Waals surface area contributed by atoms with Crippen molar-refractivity contribution in [2.24, 2.45) is 0 Å². The molecule has 5 heteroatoms. The number of benzene rings is 1. The van der Waals surface area contributed by atoms with Crippen molar-refractivity contribution in [2.75, 3.05) is 13.7 Å². The van der Waals surface area contributed by atoms with Gasteiger partial charge >= 0.3 is 5.97 Å². The van der Waals surface area contributed by atoms with Crippen LogP contribution in [0.3, 0.4) is 0 Å². The van der Waals surface area contributed by atoms with Gasteiger partial charge in [0.05, 0.1) is 6.61 Å². The summed E-state index contributed by atoms with van der Waals surface area (Å²) in [6.45, 7) is -0.250. The van der Waals surface area contributed by atoms with E-state index in [0.717, 1.165) is 18.4 Å². The van der Waals surface area contributed by atoms with Gasteiger partial charge in [-0.15, -0.1) is 0 Å². The number of hydrogen-bond acceptors (Lipinski definition) is 4. The third-order valence-electron chi connectivity index (χ3n) is 5.08. The number of ether oxygens (including phenoxy) is 1. The number of carbonyl (C=O) groups is 1. The lowest BCUT2D eigenvalue weighted by Gasteiger charge is -2.36. The molecule has 1 unspecified atom stereocenters. The minimum absolute atomic E-state index is 0.0254. The molecule has 2 aliphatic heterocycles. The SMILES string of the molecule is CN1[C@@H]2CC[C@H]1CC(OC(=O)[C@@H](CO)c1ccc(Cl)cc1)C2. The zero-order valence-corrected chi connectivity index (χ0v) is 13.5. The zero-order chi connectivity index (χ0) is 15.7. The monoisotopic (exact) mass is 323 g/mol. The second kappa shape index (κ2) is 6.57. The predicted octanol–water partition coefficient (Wildman–Crippen LogP) is 2.58. The second-order valence-corrected chi connectivity index (χ2v) is 6.80. The molecule has 0 spiro atoms. The van der Waals surface area contributed by atoms with Crippen LogP contribution in [-0.4, -0.2) is 47.8 Å². The minimum atomic E-state index is -0.630. The Morgan fingerprint density at radius 3 is 2.45 bits per heavy atom. The molecule has 22 heavy (non-hydrogen) atoms. The normalized spacial score (nSPS) is 29.3. The predicted molar refractivity (Wildman–Crippen MR) is 85.0 cm³/mol. The first kappa shape index (κ1) is 15.8. The summed E-state index contributed by atoms with van der Waals surface area (Å²) in [5.41, 5.74) is 0.743. The fraction of sp³-hybridized carbons (Fsp3) is 0.588. The van der Waals surface area contributed by atoms with Crippen LogP contribution in [-0.2, 0) is 9.53 Å². The summed E-state index contributed by atoms with van der Waals surface area (Å²) >= 11 is 5.86. The molecule has 0 amide bonds. The highest BCUT2D eigenvalue weighted by Gasteiger charge is 2.40. The van der Waals surface area contributed by atoms with Gasteiger partial charge in [0.2, 0.25) is 0 Å². The van der Waals surface area contributed by atoms with Gasteiger partial charge in [-0.3, -0.25) is 4.79 Å². The summed E-state index contributed by atoms with van der Waals surface area (Å²) in [5, 5.41) is 10.2. The van der Waals surface area contributed by atoms with Crippen LogP contribution in [0.5, 0.6) is 0 Å². The Morgan fingerprint density at radius 2 is 1.91 bits per heavy atom. The Labute approximate surface area is 136 Å². The van der Waals surface area contributed by atoms with E-state index in [1.165, 1.54) is 12.8 Å². The lowest BCUT2D eigenvalue weighted by atomic mass is 9.98. The lowest BCUT2D eigenvalue weighted by molar-refractivity contribution is -0.155. The molecular formula is C17H22ClNO3. The number of nitrogens with zero attached hydrogens (tertiary/aromatic N) is 1. The Balaban J connectivity index is 1.64. The maximum Gasteiger partial charge on any atom is 0.316 e. The first-order valence-electron chi connectivity index (χ1n) is 7.87. The number of carbonyl (C=O) groups excluding carboxylic acids is 1. The topological polar surface area (TPSA) is 49.8 Å². The maximum atomic E-state index is 12.4. The largest absolute Gasteiger partial charge is 0.462 e. The van der Waals surface area contributed by atoms with Crippen molar-refractivity contribution in [3.8, 4) is 0 Å². The van der Waals surface area contributed by atoms with E-state index in [2.05, 4.69) is 11.9 Å². The van der Waals surface area contributed by atoms with Gasteiger partial charge in [0, 0.05) is 17.1 Å². The summed E-state index contributed by atoms with van der Waals surface area (Å²) < 4.78 is 5.70. The van der Waals surface area contributed by atoms with Crippen LogP contribution >= 0.6 is 11.6 Å². The third kappa shape index (κ3) is 3.14. The van der Waals surface area contributed by atoms with Gasteiger partial charge in [-0.05, 0) is 50.4 Å². The molecule has 1 aromatic rings. The average molecular weight is 324 g/mol. The van der Waals surface area contributed by atoms with Crippen LogP contribution in [0, 0.1) is 0 Å². The van der Waals surface area contributed by atoms with Crippen molar-refractivity contribution >= 4 is 17.6 Å². The zero-order valence-electron chi connectivity index (χ0n) is 12.7. The summed E-state index contributed by atoms with van der Waals surface area (Å²) in [7, 11) is 2.16. The van der Waals surface area contributed by atoms with E-state index in [0.29, 0.717) is 17.1 Å². The van der Waals surface area contributed by atoms with Gasteiger partial charge in [0.25, 0.3) is 0 Å². The molecule has 2 heterocycles. The fourth-order valence-electron chi connectivity index (χ4n) is 3.72. The molecule has 0 saturated carbocycles. The van der Waals surface area contributed by atoms with E-state index >= 15 is 0 Å². The highest BCUT2D eigenvalue weighted by atomic mass is 35.5. The molecule has 2 bridgehead atoms. The molecule has 1 N–H and O–H groups in total. The number of fused-ring (bicyclic) bond motifs is 2. The number of esters is 1. The lowest BCUT2D eigenvalue weighted by Crippen LogP contribution is -2.43. The van der Waals surface area contributed by atoms with E-state index in [4.69, 9.17) is 16.3 Å². The van der Waals surface area contributed by atoms with Crippen LogP contribution in [0.25, 0.3) is 0 Å². The number of piperidine rings is 1. The summed E-state index contributed by atoms with van der Waals surface area (Å²) in [4.78, 5) is 14.8. The number of halogens is 1. The number of rotatable bonds is 4. The average Bonchev–Trinajstić information content (AvgIpc) is 2.72. The van der Waals surface area contributed by atoms with Gasteiger partial charge in [0.1, 0.15) is 12.0 Å². The summed E-state index contributed by atoms with van der Waals surface area (Å²) in [6.07, 6.45) is 4.16. The third-order valence-corrected chi connectivity index (χ3v) is 5.33. The highest BCUT2D eigenvalue weighted by Crippen LogP contribution is 2.36. The smallest absolute Gasteiger partial charge is 0.316 e. The Kier molecular flexibility index (Phi) is 4.71. The van der Waals surface area contributed by atoms with Crippen molar-refractivity contribution in [2.45, 2.75) is 49.8 Å². The van der Waals surface area contributed by atoms with Crippen molar-refractivity contribution in [1.82, 2.24) is 4.90 Å². The second-order valence-electron chi connectivity index (χ2n) is 6.37. The van der Waals surface area contributed by atoms with E-state index < -0.39 is 5.92 Å². The van der Waals surface area contributed by atoms with Gasteiger partial charge in [-0.1, -0.05) is 23.7 Å². The van der Waals surface area contributed by atoms with Crippen LogP contribution < -0.4 is 0 Å². The Hall–Kier alpha value is -1.10. The van der Waals surface area contributed by atoms with Crippen molar-refractivity contribution in [3.63, 3.8) is 0 Å². The fourth-order valence-corrected chi connectivity index (χ4v) is 3.84. The van der Waals surface area contributed by atoms with Crippen LogP contribution in [0.15, 0.2) is 24.3 Å². The van der Waals surface area contributed by atoms with Gasteiger partial charge in [-0.2, -0.15) is 0 Å². The number of aliphatic hydroxyl groups excluding tert-OH is 1. The van der Waals surface area contributed by atoms with Gasteiger partial charge in [0.15, 0.2) is 0 Å². The minimum Gasteiger partial charge on any atom is -0.462 e. The molecule has 2 saturated heterocycles. The van der Waals surface area contributed by atoms with E-state index in [1.54, 1.807) is 24.3 Å². The standard InChI is InChI=1S/C17H22ClNO3/c1-19-13-6-7-14(19)9-15(8-13)22-17(21)16(10-20)11-2-4-12(18)5-3-11/h2-5,13-16,20H,6-10H2,1H3/t13-,14+,15?,16-/m0/s1. The van der Waals surface area contributed by atoms with Crippen molar-refractivity contribution < 1.29 is 14.6 Å². The molecule has 1 aromatic carbocycles. The number of hydrogen-bond donors (Lipinski definition) is 1. The van der Waals surface area contributed by atoms with Crippen LogP contribution in [0.1, 0.15) is 37.2 Å². The van der Waals surface area contributed by atoms with Crippen molar-refractivity contribution in [1.29, 1.82) is 0 Å². The summed E-state index contributed by atoms with van der Waals surface area (Å²) in [6, 6.07) is 8.04. The Morgan fingerprint density at radius 1 is 1.32 bits per heavy atom. The van der Waals surface area contributed by atoms with Crippen LogP contribution in [0.4, 0.5) is 0 Å². The van der Waals surface area contributed by atoms with E-state index in [9.17, 15) is 9.90 Å². The highest BCUT2D eigenvalue weighted by molar-refractivity contribution is 6.30. The van der Waals surface area contributed by atoms with Gasteiger partial charge < -0.3 is 14.7 Å². The molecular weight excluding hydrogens is 302 g/mol. The van der Waals surface area contributed by atoms with E-state index in [1.807, 2.05) is 0 Å². The quantitative estimate of drug-likeness (QED) is 0.865. The molecule has 0 radical (unpaired) electrons. The molecule has 120 valence electrons. The summed E-state index contributed by atoms with van der Waals surface area (Å²) in [5.74, 6) is -0.964. The number of aliphatic hydroxyl groups is 1. The molecule has 3 rings (SSSR count). The molecule has 4 nitrogen and oxygen atoms in total. The van der Waals surface area contributed by atoms with Crippen molar-refractivity contribution in [3.05, 3.63) is 34.9 Å².